The summed E-state index contributed by atoms with van der Waals surface area (Å²) in [7, 11) is 0. The summed E-state index contributed by atoms with van der Waals surface area (Å²) in [4.78, 5) is 12.2. The first kappa shape index (κ1) is 16.4. The molecular weight excluding hydrogens is 306 g/mol. The van der Waals surface area contributed by atoms with E-state index in [0.29, 0.717) is 25.5 Å². The van der Waals surface area contributed by atoms with Crippen LogP contribution >= 0.6 is 0 Å². The highest BCUT2D eigenvalue weighted by Crippen LogP contribution is 2.44. The van der Waals surface area contributed by atoms with Gasteiger partial charge in [-0.1, -0.05) is 0 Å². The molecule has 23 heavy (non-hydrogen) atoms. The van der Waals surface area contributed by atoms with Crippen LogP contribution < -0.4 is 0 Å². The van der Waals surface area contributed by atoms with E-state index >= 15 is 0 Å². The van der Waals surface area contributed by atoms with E-state index in [1.54, 1.807) is 6.92 Å². The SMILES string of the molecule is CCOC(=O)c1c(C(F)F)c(C2CC2)nn1CC1CCOCC1. The van der Waals surface area contributed by atoms with Gasteiger partial charge >= 0.3 is 5.97 Å². The number of carbonyl (C=O) groups excluding carboxylic acids is 1. The van der Waals surface area contributed by atoms with Gasteiger partial charge in [0.15, 0.2) is 5.69 Å². The normalized spacial score (nSPS) is 19.3. The largest absolute Gasteiger partial charge is 0.461 e. The molecule has 2 heterocycles. The number of halogens is 2. The van der Waals surface area contributed by atoms with Gasteiger partial charge in [-0.15, -0.1) is 0 Å². The van der Waals surface area contributed by atoms with E-state index in [1.807, 2.05) is 0 Å². The van der Waals surface area contributed by atoms with Crippen molar-refractivity contribution in [3.63, 3.8) is 0 Å². The summed E-state index contributed by atoms with van der Waals surface area (Å²) in [5.74, 6) is -0.355. The van der Waals surface area contributed by atoms with Crippen molar-refractivity contribution in [3.05, 3.63) is 17.0 Å². The Bertz CT molecular complexity index is 564. The van der Waals surface area contributed by atoms with Crippen molar-refractivity contribution in [2.24, 2.45) is 5.92 Å². The molecule has 7 heteroatoms. The Morgan fingerprint density at radius 2 is 2.04 bits per heavy atom. The van der Waals surface area contributed by atoms with E-state index in [4.69, 9.17) is 9.47 Å². The summed E-state index contributed by atoms with van der Waals surface area (Å²) in [6.45, 7) is 3.61. The zero-order valence-corrected chi connectivity index (χ0v) is 13.3. The molecule has 3 rings (SSSR count). The van der Waals surface area contributed by atoms with Gasteiger partial charge in [-0.25, -0.2) is 13.6 Å². The van der Waals surface area contributed by atoms with Crippen molar-refractivity contribution in [1.82, 2.24) is 9.78 Å². The summed E-state index contributed by atoms with van der Waals surface area (Å²) in [5, 5.41) is 4.39. The molecule has 0 radical (unpaired) electrons. The fourth-order valence-electron chi connectivity index (χ4n) is 3.09. The molecule has 5 nitrogen and oxygen atoms in total. The molecule has 1 aromatic rings. The first-order valence-electron chi connectivity index (χ1n) is 8.25. The maximum atomic E-state index is 13.6. The summed E-state index contributed by atoms with van der Waals surface area (Å²) in [6.07, 6.45) is 0.705. The van der Waals surface area contributed by atoms with Crippen LogP contribution in [0, 0.1) is 5.92 Å². The predicted molar refractivity (Wildman–Crippen MR) is 78.7 cm³/mol. The second kappa shape index (κ2) is 6.95. The van der Waals surface area contributed by atoms with E-state index in [1.165, 1.54) is 4.68 Å². The maximum Gasteiger partial charge on any atom is 0.357 e. The minimum absolute atomic E-state index is 0.0584. The highest BCUT2D eigenvalue weighted by Gasteiger charge is 2.38. The van der Waals surface area contributed by atoms with Crippen molar-refractivity contribution in [1.29, 1.82) is 0 Å². The summed E-state index contributed by atoms with van der Waals surface area (Å²) in [6, 6.07) is 0. The second-order valence-corrected chi connectivity index (χ2v) is 6.18. The number of nitrogens with zero attached hydrogens (tertiary/aromatic N) is 2. The van der Waals surface area contributed by atoms with Crippen LogP contribution in [0.4, 0.5) is 8.78 Å². The Labute approximate surface area is 133 Å². The Kier molecular flexibility index (Phi) is 4.94. The molecule has 0 unspecified atom stereocenters. The third kappa shape index (κ3) is 3.54. The number of carbonyl (C=O) groups is 1. The molecule has 0 amide bonds. The first-order valence-corrected chi connectivity index (χ1v) is 8.25. The quantitative estimate of drug-likeness (QED) is 0.752. The van der Waals surface area contributed by atoms with Crippen molar-refractivity contribution in [2.75, 3.05) is 19.8 Å². The fourth-order valence-corrected chi connectivity index (χ4v) is 3.09. The van der Waals surface area contributed by atoms with Gasteiger partial charge in [0.05, 0.1) is 17.9 Å². The summed E-state index contributed by atoms with van der Waals surface area (Å²) < 4.78 is 39.0. The van der Waals surface area contributed by atoms with Gasteiger partial charge in [0.25, 0.3) is 6.43 Å². The third-order valence-corrected chi connectivity index (χ3v) is 4.44. The van der Waals surface area contributed by atoms with Crippen LogP contribution in [0.3, 0.4) is 0 Å². The molecule has 1 aromatic heterocycles. The van der Waals surface area contributed by atoms with Crippen LogP contribution in [0.5, 0.6) is 0 Å². The lowest BCUT2D eigenvalue weighted by atomic mass is 10.0. The van der Waals surface area contributed by atoms with Crippen LogP contribution in [-0.4, -0.2) is 35.6 Å². The third-order valence-electron chi connectivity index (χ3n) is 4.44. The van der Waals surface area contributed by atoms with Crippen LogP contribution in [0.25, 0.3) is 0 Å². The Hall–Kier alpha value is -1.50. The Morgan fingerprint density at radius 1 is 1.35 bits per heavy atom. The fraction of sp³-hybridized carbons (Fsp3) is 0.750. The number of rotatable bonds is 6. The van der Waals surface area contributed by atoms with Gasteiger partial charge in [0.1, 0.15) is 0 Å². The van der Waals surface area contributed by atoms with Crippen LogP contribution in [0.1, 0.15) is 66.7 Å². The van der Waals surface area contributed by atoms with Gasteiger partial charge in [-0.3, -0.25) is 4.68 Å². The van der Waals surface area contributed by atoms with E-state index < -0.39 is 12.4 Å². The predicted octanol–water partition coefficient (Wildman–Crippen LogP) is 3.30. The lowest BCUT2D eigenvalue weighted by Crippen LogP contribution is -2.24. The molecule has 1 saturated carbocycles. The number of esters is 1. The minimum atomic E-state index is -2.71. The average molecular weight is 328 g/mol. The van der Waals surface area contributed by atoms with Crippen LogP contribution in [0.2, 0.25) is 0 Å². The molecule has 0 aromatic carbocycles. The number of ether oxygens (including phenoxy) is 2. The summed E-state index contributed by atoms with van der Waals surface area (Å²) in [5.41, 5.74) is 0.100. The zero-order valence-electron chi connectivity index (χ0n) is 13.3. The van der Waals surface area contributed by atoms with Gasteiger partial charge < -0.3 is 9.47 Å². The second-order valence-electron chi connectivity index (χ2n) is 6.18. The zero-order chi connectivity index (χ0) is 16.4. The minimum Gasteiger partial charge on any atom is -0.461 e. The Balaban J connectivity index is 1.94. The van der Waals surface area contributed by atoms with Gasteiger partial charge in [-0.05, 0) is 38.5 Å². The van der Waals surface area contributed by atoms with Crippen molar-refractivity contribution in [2.45, 2.75) is 51.5 Å². The molecule has 2 fully saturated rings. The average Bonchev–Trinajstić information content (AvgIpc) is 3.30. The molecule has 1 aliphatic heterocycles. The highest BCUT2D eigenvalue weighted by molar-refractivity contribution is 5.89. The lowest BCUT2D eigenvalue weighted by molar-refractivity contribution is 0.0479. The van der Waals surface area contributed by atoms with E-state index in [2.05, 4.69) is 5.10 Å². The smallest absolute Gasteiger partial charge is 0.357 e. The molecule has 128 valence electrons. The molecule has 2 aliphatic rings. The molecule has 1 saturated heterocycles. The molecule has 0 atom stereocenters. The van der Waals surface area contributed by atoms with Gasteiger partial charge in [0, 0.05) is 25.7 Å². The van der Waals surface area contributed by atoms with Crippen LogP contribution in [-0.2, 0) is 16.0 Å². The van der Waals surface area contributed by atoms with Gasteiger partial charge in [0.2, 0.25) is 0 Å². The molecule has 1 aliphatic carbocycles. The van der Waals surface area contributed by atoms with Crippen molar-refractivity contribution >= 4 is 5.97 Å². The van der Waals surface area contributed by atoms with Crippen LogP contribution in [0.15, 0.2) is 0 Å². The molecule has 0 bridgehead atoms. The lowest BCUT2D eigenvalue weighted by Gasteiger charge is -2.22. The van der Waals surface area contributed by atoms with E-state index in [-0.39, 0.29) is 29.7 Å². The number of hydrogen-bond donors (Lipinski definition) is 0. The maximum absolute atomic E-state index is 13.6. The number of alkyl halides is 2. The van der Waals surface area contributed by atoms with E-state index in [0.717, 1.165) is 25.7 Å². The topological polar surface area (TPSA) is 53.3 Å². The number of hydrogen-bond acceptors (Lipinski definition) is 4. The molecule has 0 N–H and O–H groups in total. The van der Waals surface area contributed by atoms with E-state index in [9.17, 15) is 13.6 Å². The van der Waals surface area contributed by atoms with Gasteiger partial charge in [-0.2, -0.15) is 5.10 Å². The number of aromatic nitrogens is 2. The standard InChI is InChI=1S/C16H22F2N2O3/c1-2-23-16(21)14-12(15(17)18)13(11-3-4-11)19-20(14)9-10-5-7-22-8-6-10/h10-11,15H,2-9H2,1H3. The first-order chi connectivity index (χ1) is 11.1. The van der Waals surface area contributed by atoms with Crippen molar-refractivity contribution < 1.29 is 23.0 Å². The molecular formula is C16H22F2N2O3. The highest BCUT2D eigenvalue weighted by atomic mass is 19.3. The van der Waals surface area contributed by atoms with Crippen molar-refractivity contribution in [3.8, 4) is 0 Å². The Morgan fingerprint density at radius 3 is 2.61 bits per heavy atom. The monoisotopic (exact) mass is 328 g/mol. The molecule has 0 spiro atoms. The summed E-state index contributed by atoms with van der Waals surface area (Å²) >= 11 is 0.